The van der Waals surface area contributed by atoms with Gasteiger partial charge in [-0.2, -0.15) is 0 Å². The Morgan fingerprint density at radius 1 is 1.20 bits per heavy atom. The van der Waals surface area contributed by atoms with E-state index in [1.165, 1.54) is 11.7 Å². The van der Waals surface area contributed by atoms with Gasteiger partial charge in [0.1, 0.15) is 11.3 Å². The van der Waals surface area contributed by atoms with Gasteiger partial charge in [-0.25, -0.2) is 4.98 Å². The predicted octanol–water partition coefficient (Wildman–Crippen LogP) is 2.14. The van der Waals surface area contributed by atoms with Gasteiger partial charge in [-0.1, -0.05) is 12.1 Å². The van der Waals surface area contributed by atoms with Crippen LogP contribution in [0.15, 0.2) is 53.7 Å². The van der Waals surface area contributed by atoms with E-state index in [1.54, 1.807) is 61.4 Å². The van der Waals surface area contributed by atoms with Crippen LogP contribution in [0.25, 0.3) is 5.69 Å². The number of carbonyl (C=O) groups excluding carboxylic acids is 1. The largest absolute Gasteiger partial charge is 0.495 e. The summed E-state index contributed by atoms with van der Waals surface area (Å²) in [5.41, 5.74) is 0.802. The number of para-hydroxylation sites is 2. The highest BCUT2D eigenvalue weighted by molar-refractivity contribution is 6.04. The molecule has 7 nitrogen and oxygen atoms in total. The lowest BCUT2D eigenvalue weighted by Gasteiger charge is -2.13. The molecule has 25 heavy (non-hydrogen) atoms. The molecule has 1 amide bonds. The van der Waals surface area contributed by atoms with Crippen LogP contribution in [0.1, 0.15) is 15.9 Å². The van der Waals surface area contributed by atoms with Gasteiger partial charge in [-0.05, 0) is 30.7 Å². The van der Waals surface area contributed by atoms with Crippen LogP contribution in [0.2, 0.25) is 0 Å². The molecule has 2 heterocycles. The highest BCUT2D eigenvalue weighted by atomic mass is 16.5. The standard InChI is InChI=1S/C18H18N4O3/c1-12-8-10-22(13-6-4-5-7-14(13)25-3)17(24)15(12)16(23)20-18-19-9-11-21(18)2/h4-11H,1-3H3,(H,19,20,23). The van der Waals surface area contributed by atoms with E-state index in [4.69, 9.17) is 4.74 Å². The zero-order valence-electron chi connectivity index (χ0n) is 14.2. The first-order chi connectivity index (χ1) is 12.0. The van der Waals surface area contributed by atoms with E-state index in [0.717, 1.165) is 0 Å². The monoisotopic (exact) mass is 338 g/mol. The van der Waals surface area contributed by atoms with Gasteiger partial charge < -0.3 is 9.30 Å². The summed E-state index contributed by atoms with van der Waals surface area (Å²) < 4.78 is 8.38. The average Bonchev–Trinajstić information content (AvgIpc) is 3.00. The quantitative estimate of drug-likeness (QED) is 0.790. The fraction of sp³-hybridized carbons (Fsp3) is 0.167. The summed E-state index contributed by atoms with van der Waals surface area (Å²) in [4.78, 5) is 29.6. The Bertz CT molecular complexity index is 988. The number of methoxy groups -OCH3 is 1. The van der Waals surface area contributed by atoms with E-state index in [0.29, 0.717) is 22.9 Å². The number of aromatic nitrogens is 3. The van der Waals surface area contributed by atoms with Crippen molar-refractivity contribution in [3.8, 4) is 11.4 Å². The molecule has 1 aromatic carbocycles. The van der Waals surface area contributed by atoms with Crippen LogP contribution in [0.3, 0.4) is 0 Å². The first-order valence-corrected chi connectivity index (χ1v) is 7.67. The van der Waals surface area contributed by atoms with Crippen molar-refractivity contribution < 1.29 is 9.53 Å². The second-order valence-electron chi connectivity index (χ2n) is 5.54. The normalized spacial score (nSPS) is 10.5. The average molecular weight is 338 g/mol. The van der Waals surface area contributed by atoms with Crippen molar-refractivity contribution in [2.75, 3.05) is 12.4 Å². The molecule has 2 aromatic heterocycles. The number of hydrogen-bond donors (Lipinski definition) is 1. The van der Waals surface area contributed by atoms with Crippen molar-refractivity contribution in [2.45, 2.75) is 6.92 Å². The molecular formula is C18H18N4O3. The van der Waals surface area contributed by atoms with Crippen LogP contribution < -0.4 is 15.6 Å². The van der Waals surface area contributed by atoms with Crippen LogP contribution in [0.5, 0.6) is 5.75 Å². The number of aryl methyl sites for hydroxylation is 2. The lowest BCUT2D eigenvalue weighted by Crippen LogP contribution is -2.30. The fourth-order valence-corrected chi connectivity index (χ4v) is 2.57. The number of hydrogen-bond acceptors (Lipinski definition) is 4. The van der Waals surface area contributed by atoms with E-state index in [9.17, 15) is 9.59 Å². The molecule has 0 aliphatic heterocycles. The third-order valence-corrected chi connectivity index (χ3v) is 3.92. The first-order valence-electron chi connectivity index (χ1n) is 7.67. The number of nitrogens with zero attached hydrogens (tertiary/aromatic N) is 3. The molecule has 0 saturated carbocycles. The van der Waals surface area contributed by atoms with E-state index in [2.05, 4.69) is 10.3 Å². The zero-order chi connectivity index (χ0) is 18.0. The molecule has 0 saturated heterocycles. The number of pyridine rings is 1. The summed E-state index contributed by atoms with van der Waals surface area (Å²) in [7, 11) is 3.29. The Balaban J connectivity index is 2.08. The minimum Gasteiger partial charge on any atom is -0.495 e. The van der Waals surface area contributed by atoms with E-state index in [-0.39, 0.29) is 5.56 Å². The first kappa shape index (κ1) is 16.5. The fourth-order valence-electron chi connectivity index (χ4n) is 2.57. The highest BCUT2D eigenvalue weighted by Crippen LogP contribution is 2.21. The topological polar surface area (TPSA) is 78.2 Å². The SMILES string of the molecule is COc1ccccc1-n1ccc(C)c(C(=O)Nc2nccn2C)c1=O. The Morgan fingerprint density at radius 3 is 2.64 bits per heavy atom. The maximum absolute atomic E-state index is 12.9. The minimum atomic E-state index is -0.499. The smallest absolute Gasteiger partial charge is 0.268 e. The van der Waals surface area contributed by atoms with Gasteiger partial charge in [0.2, 0.25) is 5.95 Å². The van der Waals surface area contributed by atoms with Crippen molar-refractivity contribution in [3.63, 3.8) is 0 Å². The van der Waals surface area contributed by atoms with Crippen molar-refractivity contribution >= 4 is 11.9 Å². The second kappa shape index (κ2) is 6.64. The maximum Gasteiger partial charge on any atom is 0.268 e. The van der Waals surface area contributed by atoms with Gasteiger partial charge in [0.15, 0.2) is 0 Å². The Hall–Kier alpha value is -3.35. The number of benzene rings is 1. The van der Waals surface area contributed by atoms with E-state index >= 15 is 0 Å². The summed E-state index contributed by atoms with van der Waals surface area (Å²) in [6.45, 7) is 1.72. The zero-order valence-corrected chi connectivity index (χ0v) is 14.2. The molecule has 128 valence electrons. The summed E-state index contributed by atoms with van der Waals surface area (Å²) >= 11 is 0. The van der Waals surface area contributed by atoms with Gasteiger partial charge in [-0.3, -0.25) is 19.5 Å². The van der Waals surface area contributed by atoms with Gasteiger partial charge in [0.05, 0.1) is 12.8 Å². The maximum atomic E-state index is 12.9. The molecule has 0 aliphatic carbocycles. The summed E-state index contributed by atoms with van der Waals surface area (Å²) in [6, 6.07) is 8.86. The molecule has 0 fully saturated rings. The van der Waals surface area contributed by atoms with Gasteiger partial charge in [-0.15, -0.1) is 0 Å². The Kier molecular flexibility index (Phi) is 4.38. The van der Waals surface area contributed by atoms with Gasteiger partial charge in [0, 0.05) is 25.6 Å². The highest BCUT2D eigenvalue weighted by Gasteiger charge is 2.19. The molecule has 0 radical (unpaired) electrons. The second-order valence-corrected chi connectivity index (χ2v) is 5.54. The summed E-state index contributed by atoms with van der Waals surface area (Å²) in [5, 5.41) is 2.66. The number of anilines is 1. The molecule has 3 rings (SSSR count). The molecule has 0 spiro atoms. The number of carbonyl (C=O) groups is 1. The van der Waals surface area contributed by atoms with Crippen LogP contribution in [0, 0.1) is 6.92 Å². The molecule has 0 atom stereocenters. The minimum absolute atomic E-state index is 0.0661. The Labute approximate surface area is 144 Å². The molecule has 3 aromatic rings. The van der Waals surface area contributed by atoms with Crippen LogP contribution in [-0.4, -0.2) is 27.1 Å². The molecular weight excluding hydrogens is 320 g/mol. The number of ether oxygens (including phenoxy) is 1. The third-order valence-electron chi connectivity index (χ3n) is 3.92. The van der Waals surface area contributed by atoms with Crippen molar-refractivity contribution in [1.82, 2.24) is 14.1 Å². The summed E-state index contributed by atoms with van der Waals surface area (Å²) in [6.07, 6.45) is 4.91. The molecule has 0 aliphatic rings. The van der Waals surface area contributed by atoms with E-state index in [1.807, 2.05) is 6.07 Å². The van der Waals surface area contributed by atoms with Gasteiger partial charge >= 0.3 is 0 Å². The number of amides is 1. The van der Waals surface area contributed by atoms with Crippen molar-refractivity contribution in [2.24, 2.45) is 7.05 Å². The number of imidazole rings is 1. The van der Waals surface area contributed by atoms with Crippen LogP contribution in [-0.2, 0) is 7.05 Å². The summed E-state index contributed by atoms with van der Waals surface area (Å²) in [5.74, 6) is 0.418. The van der Waals surface area contributed by atoms with Gasteiger partial charge in [0.25, 0.3) is 11.5 Å². The van der Waals surface area contributed by atoms with Crippen molar-refractivity contribution in [1.29, 1.82) is 0 Å². The number of rotatable bonds is 4. The number of nitrogens with one attached hydrogen (secondary N) is 1. The molecule has 1 N–H and O–H groups in total. The molecule has 7 heteroatoms. The van der Waals surface area contributed by atoms with Crippen LogP contribution in [0.4, 0.5) is 5.95 Å². The third kappa shape index (κ3) is 3.03. The molecule has 0 unspecified atom stereocenters. The Morgan fingerprint density at radius 2 is 1.96 bits per heavy atom. The van der Waals surface area contributed by atoms with Crippen LogP contribution >= 0.6 is 0 Å². The van der Waals surface area contributed by atoms with Crippen molar-refractivity contribution in [3.05, 3.63) is 70.4 Å². The lowest BCUT2D eigenvalue weighted by atomic mass is 10.1. The predicted molar refractivity (Wildman–Crippen MR) is 94.5 cm³/mol. The lowest BCUT2D eigenvalue weighted by molar-refractivity contribution is 0.102. The molecule has 0 bridgehead atoms. The van der Waals surface area contributed by atoms with E-state index < -0.39 is 11.5 Å².